The Morgan fingerprint density at radius 3 is 2.61 bits per heavy atom. The van der Waals surface area contributed by atoms with Crippen LogP contribution in [0, 0.1) is 15.9 Å². The molecule has 0 heterocycles. The predicted octanol–water partition coefficient (Wildman–Crippen LogP) is 3.73. The second-order valence-corrected chi connectivity index (χ2v) is 4.91. The average molecular weight is 318 g/mol. The van der Waals surface area contributed by atoms with Crippen molar-refractivity contribution in [2.45, 2.75) is 13.0 Å². The van der Waals surface area contributed by atoms with Gasteiger partial charge in [-0.2, -0.15) is 0 Å². The smallest absolute Gasteiger partial charge is 0.293 e. The molecule has 0 saturated heterocycles. The normalized spacial score (nSPS) is 11.6. The number of methoxy groups -OCH3 is 1. The summed E-state index contributed by atoms with van der Waals surface area (Å²) < 4.78 is 18.6. The van der Waals surface area contributed by atoms with Gasteiger partial charge in [0, 0.05) is 17.7 Å². The van der Waals surface area contributed by atoms with E-state index >= 15 is 0 Å². The molecule has 23 heavy (non-hydrogen) atoms. The van der Waals surface area contributed by atoms with Gasteiger partial charge in [-0.05, 0) is 36.8 Å². The fraction of sp³-hybridized carbons (Fsp3) is 0.188. The number of nitro groups is 1. The summed E-state index contributed by atoms with van der Waals surface area (Å²) in [5.41, 5.74) is 0.863. The second kappa shape index (κ2) is 6.87. The first-order valence-corrected chi connectivity index (χ1v) is 6.80. The van der Waals surface area contributed by atoms with Gasteiger partial charge in [-0.3, -0.25) is 14.9 Å². The number of halogens is 1. The highest BCUT2D eigenvalue weighted by Crippen LogP contribution is 2.30. The van der Waals surface area contributed by atoms with Crippen molar-refractivity contribution in [2.24, 2.45) is 0 Å². The Balaban J connectivity index is 2.29. The molecule has 7 heteroatoms. The summed E-state index contributed by atoms with van der Waals surface area (Å²) in [6, 6.07) is 8.22. The molecular weight excluding hydrogens is 303 g/mol. The van der Waals surface area contributed by atoms with Gasteiger partial charge in [0.1, 0.15) is 12.0 Å². The van der Waals surface area contributed by atoms with Crippen LogP contribution >= 0.6 is 0 Å². The van der Waals surface area contributed by atoms with Crippen LogP contribution in [0.4, 0.5) is 15.8 Å². The quantitative estimate of drug-likeness (QED) is 0.498. The van der Waals surface area contributed by atoms with Crippen LogP contribution in [0.2, 0.25) is 0 Å². The van der Waals surface area contributed by atoms with E-state index in [1.54, 1.807) is 13.0 Å². The fourth-order valence-corrected chi connectivity index (χ4v) is 2.16. The largest absolute Gasteiger partial charge is 0.494 e. The lowest BCUT2D eigenvalue weighted by atomic mass is 10.1. The molecule has 0 amide bonds. The van der Waals surface area contributed by atoms with E-state index in [1.807, 2.05) is 0 Å². The number of nitro benzene ring substituents is 1. The van der Waals surface area contributed by atoms with Gasteiger partial charge in [0.05, 0.1) is 12.0 Å². The molecule has 2 rings (SSSR count). The summed E-state index contributed by atoms with van der Waals surface area (Å²) in [7, 11) is 1.37. The zero-order chi connectivity index (χ0) is 17.0. The van der Waals surface area contributed by atoms with Crippen molar-refractivity contribution >= 4 is 17.7 Å². The van der Waals surface area contributed by atoms with Gasteiger partial charge in [-0.1, -0.05) is 6.07 Å². The van der Waals surface area contributed by atoms with Crippen LogP contribution < -0.4 is 10.1 Å². The van der Waals surface area contributed by atoms with Crippen LogP contribution in [-0.2, 0) is 0 Å². The molecule has 2 aromatic rings. The lowest BCUT2D eigenvalue weighted by Gasteiger charge is -2.16. The van der Waals surface area contributed by atoms with E-state index in [1.165, 1.54) is 37.4 Å². The lowest BCUT2D eigenvalue weighted by molar-refractivity contribution is -0.384. The molecule has 0 aliphatic carbocycles. The maximum Gasteiger partial charge on any atom is 0.293 e. The van der Waals surface area contributed by atoms with Crippen LogP contribution in [0.3, 0.4) is 0 Å². The molecule has 0 fully saturated rings. The van der Waals surface area contributed by atoms with Gasteiger partial charge >= 0.3 is 0 Å². The van der Waals surface area contributed by atoms with Crippen molar-refractivity contribution < 1.29 is 18.8 Å². The minimum atomic E-state index is -0.573. The van der Waals surface area contributed by atoms with Crippen molar-refractivity contribution in [1.82, 2.24) is 0 Å². The maximum atomic E-state index is 13.8. The Bertz CT molecular complexity index is 749. The molecule has 0 aliphatic rings. The van der Waals surface area contributed by atoms with E-state index in [0.29, 0.717) is 11.8 Å². The van der Waals surface area contributed by atoms with Crippen molar-refractivity contribution in [3.8, 4) is 5.75 Å². The Hall–Kier alpha value is -2.96. The number of hydrogen-bond acceptors (Lipinski definition) is 5. The first kappa shape index (κ1) is 16.4. The molecular formula is C16H15FN2O4. The SMILES string of the molecule is COc1ccc([C@H](C)Nc2ccc(C=O)cc2[N+](=O)[O-])cc1F. The van der Waals surface area contributed by atoms with E-state index in [2.05, 4.69) is 5.32 Å². The number of anilines is 1. The minimum Gasteiger partial charge on any atom is -0.494 e. The number of rotatable bonds is 6. The van der Waals surface area contributed by atoms with Gasteiger partial charge in [-0.25, -0.2) is 4.39 Å². The van der Waals surface area contributed by atoms with Crippen molar-refractivity contribution in [1.29, 1.82) is 0 Å². The summed E-state index contributed by atoms with van der Waals surface area (Å²) in [6.45, 7) is 1.75. The summed E-state index contributed by atoms with van der Waals surface area (Å²) in [5.74, 6) is -0.383. The summed E-state index contributed by atoms with van der Waals surface area (Å²) >= 11 is 0. The molecule has 0 radical (unpaired) electrons. The Morgan fingerprint density at radius 2 is 2.04 bits per heavy atom. The number of nitrogens with zero attached hydrogens (tertiary/aromatic N) is 1. The highest BCUT2D eigenvalue weighted by Gasteiger charge is 2.17. The highest BCUT2D eigenvalue weighted by molar-refractivity contribution is 5.79. The van der Waals surface area contributed by atoms with E-state index < -0.39 is 10.7 Å². The average Bonchev–Trinajstić information content (AvgIpc) is 2.54. The van der Waals surface area contributed by atoms with Gasteiger partial charge in [0.25, 0.3) is 5.69 Å². The molecule has 0 aliphatic heterocycles. The highest BCUT2D eigenvalue weighted by atomic mass is 19.1. The predicted molar refractivity (Wildman–Crippen MR) is 83.5 cm³/mol. The molecule has 2 aromatic carbocycles. The number of benzene rings is 2. The first-order chi connectivity index (χ1) is 11.0. The fourth-order valence-electron chi connectivity index (χ4n) is 2.16. The summed E-state index contributed by atoms with van der Waals surface area (Å²) in [4.78, 5) is 21.3. The van der Waals surface area contributed by atoms with Crippen molar-refractivity contribution in [3.63, 3.8) is 0 Å². The van der Waals surface area contributed by atoms with Gasteiger partial charge in [0.15, 0.2) is 11.6 Å². The summed E-state index contributed by atoms with van der Waals surface area (Å²) in [6.07, 6.45) is 0.541. The molecule has 0 aromatic heterocycles. The monoisotopic (exact) mass is 318 g/mol. The third kappa shape index (κ3) is 3.63. The molecule has 6 nitrogen and oxygen atoms in total. The molecule has 120 valence electrons. The Morgan fingerprint density at radius 1 is 1.30 bits per heavy atom. The zero-order valence-corrected chi connectivity index (χ0v) is 12.6. The Labute approximate surface area is 132 Å². The van der Waals surface area contributed by atoms with Gasteiger partial charge < -0.3 is 10.1 Å². The van der Waals surface area contributed by atoms with Crippen LogP contribution in [0.1, 0.15) is 28.9 Å². The number of hydrogen-bond donors (Lipinski definition) is 1. The molecule has 1 N–H and O–H groups in total. The molecule has 0 bridgehead atoms. The van der Waals surface area contributed by atoms with Crippen LogP contribution in [-0.4, -0.2) is 18.3 Å². The number of nitrogens with one attached hydrogen (secondary N) is 1. The third-order valence-electron chi connectivity index (χ3n) is 3.40. The minimum absolute atomic E-state index is 0.127. The van der Waals surface area contributed by atoms with Crippen LogP contribution in [0.15, 0.2) is 36.4 Å². The van der Waals surface area contributed by atoms with Crippen LogP contribution in [0.25, 0.3) is 0 Å². The second-order valence-electron chi connectivity index (χ2n) is 4.91. The van der Waals surface area contributed by atoms with Crippen molar-refractivity contribution in [2.75, 3.05) is 12.4 Å². The number of carbonyl (C=O) groups is 1. The number of carbonyl (C=O) groups excluding carboxylic acids is 1. The number of ether oxygens (including phenoxy) is 1. The van der Waals surface area contributed by atoms with E-state index in [9.17, 15) is 19.3 Å². The first-order valence-electron chi connectivity index (χ1n) is 6.80. The van der Waals surface area contributed by atoms with E-state index in [-0.39, 0.29) is 28.7 Å². The topological polar surface area (TPSA) is 81.5 Å². The van der Waals surface area contributed by atoms with Gasteiger partial charge in [-0.15, -0.1) is 0 Å². The van der Waals surface area contributed by atoms with E-state index in [4.69, 9.17) is 4.74 Å². The third-order valence-corrected chi connectivity index (χ3v) is 3.40. The molecule has 0 unspecified atom stereocenters. The van der Waals surface area contributed by atoms with Crippen LogP contribution in [0.5, 0.6) is 5.75 Å². The zero-order valence-electron chi connectivity index (χ0n) is 12.6. The molecule has 1 atom stereocenters. The van der Waals surface area contributed by atoms with E-state index in [0.717, 1.165) is 0 Å². The summed E-state index contributed by atoms with van der Waals surface area (Å²) in [5, 5.41) is 14.1. The maximum absolute atomic E-state index is 13.8. The standard InChI is InChI=1S/C16H15FN2O4/c1-10(12-4-6-16(23-2)13(17)8-12)18-14-5-3-11(9-20)7-15(14)19(21)22/h3-10,18H,1-2H3/t10-/m0/s1. The van der Waals surface area contributed by atoms with Gasteiger partial charge in [0.2, 0.25) is 0 Å². The van der Waals surface area contributed by atoms with Crippen molar-refractivity contribution in [3.05, 3.63) is 63.5 Å². The number of aldehydes is 1. The molecule has 0 saturated carbocycles. The molecule has 0 spiro atoms. The Kier molecular flexibility index (Phi) is 4.90. The lowest BCUT2D eigenvalue weighted by Crippen LogP contribution is -2.09.